The molecule has 3 aromatic heterocycles. The Morgan fingerprint density at radius 1 is 1.32 bits per heavy atom. The zero-order valence-corrected chi connectivity index (χ0v) is 17.6. The van der Waals surface area contributed by atoms with Crippen molar-refractivity contribution in [2.75, 3.05) is 10.6 Å². The number of fused-ring (bicyclic) bond motifs is 1. The molecule has 0 radical (unpaired) electrons. The molecule has 3 aromatic rings. The van der Waals surface area contributed by atoms with Gasteiger partial charge in [-0.2, -0.15) is 9.61 Å². The van der Waals surface area contributed by atoms with E-state index in [4.69, 9.17) is 4.98 Å². The number of allylic oxidation sites excluding steroid dienone is 1. The van der Waals surface area contributed by atoms with Crippen molar-refractivity contribution >= 4 is 29.3 Å². The molecule has 31 heavy (non-hydrogen) atoms. The van der Waals surface area contributed by atoms with Gasteiger partial charge in [0, 0.05) is 29.1 Å². The van der Waals surface area contributed by atoms with E-state index in [1.54, 1.807) is 6.20 Å². The maximum Gasteiger partial charge on any atom is 0.228 e. The number of aromatic nitrogens is 4. The van der Waals surface area contributed by atoms with Gasteiger partial charge in [-0.05, 0) is 50.5 Å². The minimum atomic E-state index is -0.0430. The summed E-state index contributed by atoms with van der Waals surface area (Å²) in [7, 11) is 0. The van der Waals surface area contributed by atoms with Gasteiger partial charge in [0.25, 0.3) is 0 Å². The van der Waals surface area contributed by atoms with Gasteiger partial charge in [-0.15, -0.1) is 0 Å². The summed E-state index contributed by atoms with van der Waals surface area (Å²) >= 11 is 0. The van der Waals surface area contributed by atoms with Crippen LogP contribution in [0.15, 0.2) is 48.3 Å². The van der Waals surface area contributed by atoms with E-state index in [1.165, 1.54) is 0 Å². The van der Waals surface area contributed by atoms with E-state index in [0.29, 0.717) is 18.2 Å². The molecule has 158 valence electrons. The highest BCUT2D eigenvalue weighted by molar-refractivity contribution is 5.89. The number of amides is 1. The topological polar surface area (TPSA) is 96.2 Å². The van der Waals surface area contributed by atoms with Crippen molar-refractivity contribution in [2.45, 2.75) is 45.2 Å². The van der Waals surface area contributed by atoms with Gasteiger partial charge >= 0.3 is 0 Å². The molecule has 1 unspecified atom stereocenters. The van der Waals surface area contributed by atoms with E-state index in [9.17, 15) is 4.79 Å². The number of carbonyl (C=O) groups excluding carboxylic acids is 1. The average Bonchev–Trinajstić information content (AvgIpc) is 3.37. The predicted molar refractivity (Wildman–Crippen MR) is 121 cm³/mol. The largest absolute Gasteiger partial charge is 0.367 e. The Hall–Kier alpha value is -3.68. The molecule has 1 saturated carbocycles. The van der Waals surface area contributed by atoms with Crippen molar-refractivity contribution in [1.29, 1.82) is 0 Å². The third kappa shape index (κ3) is 4.01. The fraction of sp³-hybridized carbons (Fsp3) is 0.304. The molecule has 0 aromatic carbocycles. The first-order chi connectivity index (χ1) is 15.0. The quantitative estimate of drug-likeness (QED) is 0.569. The van der Waals surface area contributed by atoms with Crippen LogP contribution in [-0.4, -0.2) is 31.5 Å². The van der Waals surface area contributed by atoms with Crippen molar-refractivity contribution in [3.05, 3.63) is 65.3 Å². The van der Waals surface area contributed by atoms with Crippen molar-refractivity contribution in [2.24, 2.45) is 0 Å². The lowest BCUT2D eigenvalue weighted by atomic mass is 10.1. The standard InChI is InChI=1S/C23H25N7O/c1-13-5-4-6-19(25-13)15(3)26-20-11-21(28-18-7-8-18)30-23(29-20)17(12-24-30)9-16-10-22(31)27-14(16)2/h4-6,9,11-12,15,18,28H,2,7-8,10H2,1,3H3,(H,26,29)(H,27,31)/b16-9+. The van der Waals surface area contributed by atoms with Crippen LogP contribution >= 0.6 is 0 Å². The molecule has 1 aliphatic heterocycles. The van der Waals surface area contributed by atoms with E-state index in [1.807, 2.05) is 41.8 Å². The molecule has 8 nitrogen and oxygen atoms in total. The fourth-order valence-corrected chi connectivity index (χ4v) is 3.69. The molecule has 1 saturated heterocycles. The normalized spacial score (nSPS) is 18.5. The Bertz CT molecular complexity index is 1220. The summed E-state index contributed by atoms with van der Waals surface area (Å²) in [6.45, 7) is 7.99. The number of pyridine rings is 1. The molecule has 0 spiro atoms. The molecule has 8 heteroatoms. The molecule has 2 fully saturated rings. The molecule has 5 rings (SSSR count). The van der Waals surface area contributed by atoms with Crippen LogP contribution in [0.4, 0.5) is 11.6 Å². The van der Waals surface area contributed by atoms with Gasteiger partial charge in [0.2, 0.25) is 5.91 Å². The van der Waals surface area contributed by atoms with Crippen LogP contribution in [0.3, 0.4) is 0 Å². The summed E-state index contributed by atoms with van der Waals surface area (Å²) in [6.07, 6.45) is 6.34. The molecule has 0 bridgehead atoms. The monoisotopic (exact) mass is 415 g/mol. The molecule has 1 amide bonds. The third-order valence-corrected chi connectivity index (χ3v) is 5.51. The lowest BCUT2D eigenvalue weighted by molar-refractivity contribution is -0.118. The number of nitrogens with zero attached hydrogens (tertiary/aromatic N) is 4. The van der Waals surface area contributed by atoms with Crippen LogP contribution in [0.2, 0.25) is 0 Å². The SMILES string of the molecule is C=C1NC(=O)C/C1=C\c1cnn2c(NC3CC3)cc(NC(C)c3cccc(C)n3)nc12. The molecule has 4 heterocycles. The van der Waals surface area contributed by atoms with Crippen LogP contribution in [0.5, 0.6) is 0 Å². The van der Waals surface area contributed by atoms with Crippen LogP contribution in [0.1, 0.15) is 49.2 Å². The van der Waals surface area contributed by atoms with E-state index >= 15 is 0 Å². The van der Waals surface area contributed by atoms with Crippen molar-refractivity contribution in [1.82, 2.24) is 24.9 Å². The minimum absolute atomic E-state index is 0.00946. The lowest BCUT2D eigenvalue weighted by Crippen LogP contribution is -2.13. The summed E-state index contributed by atoms with van der Waals surface area (Å²) in [6, 6.07) is 8.46. The second kappa shape index (κ2) is 7.54. The zero-order valence-electron chi connectivity index (χ0n) is 17.6. The Morgan fingerprint density at radius 2 is 2.16 bits per heavy atom. The van der Waals surface area contributed by atoms with Crippen LogP contribution in [-0.2, 0) is 4.79 Å². The number of rotatable bonds is 6. The van der Waals surface area contributed by atoms with Gasteiger partial charge in [-0.25, -0.2) is 4.98 Å². The first-order valence-corrected chi connectivity index (χ1v) is 10.5. The highest BCUT2D eigenvalue weighted by Gasteiger charge is 2.24. The Kier molecular flexibility index (Phi) is 4.69. The maximum absolute atomic E-state index is 11.7. The first-order valence-electron chi connectivity index (χ1n) is 10.5. The number of aryl methyl sites for hydroxylation is 1. The van der Waals surface area contributed by atoms with Crippen molar-refractivity contribution in [3.63, 3.8) is 0 Å². The zero-order chi connectivity index (χ0) is 21.5. The second-order valence-electron chi connectivity index (χ2n) is 8.22. The molecular formula is C23H25N7O. The smallest absolute Gasteiger partial charge is 0.228 e. The van der Waals surface area contributed by atoms with Crippen LogP contribution in [0.25, 0.3) is 11.7 Å². The lowest BCUT2D eigenvalue weighted by Gasteiger charge is -2.16. The summed E-state index contributed by atoms with van der Waals surface area (Å²) in [4.78, 5) is 21.2. The number of anilines is 2. The van der Waals surface area contributed by atoms with Gasteiger partial charge in [-0.3, -0.25) is 9.78 Å². The number of nitrogens with one attached hydrogen (secondary N) is 3. The van der Waals surface area contributed by atoms with E-state index in [0.717, 1.165) is 52.6 Å². The van der Waals surface area contributed by atoms with Gasteiger partial charge in [-0.1, -0.05) is 12.6 Å². The highest BCUT2D eigenvalue weighted by Crippen LogP contribution is 2.29. The number of carbonyl (C=O) groups is 1. The van der Waals surface area contributed by atoms with Gasteiger partial charge in [0.1, 0.15) is 11.6 Å². The third-order valence-electron chi connectivity index (χ3n) is 5.51. The van der Waals surface area contributed by atoms with E-state index < -0.39 is 0 Å². The Balaban J connectivity index is 1.53. The molecule has 1 aliphatic carbocycles. The van der Waals surface area contributed by atoms with Gasteiger partial charge in [0.15, 0.2) is 5.65 Å². The Morgan fingerprint density at radius 3 is 2.87 bits per heavy atom. The number of hydrogen-bond acceptors (Lipinski definition) is 6. The molecule has 3 N–H and O–H groups in total. The fourth-order valence-electron chi connectivity index (χ4n) is 3.69. The highest BCUT2D eigenvalue weighted by atomic mass is 16.1. The summed E-state index contributed by atoms with van der Waals surface area (Å²) in [5.41, 5.74) is 4.99. The van der Waals surface area contributed by atoms with E-state index in [2.05, 4.69) is 39.5 Å². The van der Waals surface area contributed by atoms with Gasteiger partial charge in [0.05, 0.1) is 24.4 Å². The van der Waals surface area contributed by atoms with Crippen LogP contribution in [0, 0.1) is 6.92 Å². The summed E-state index contributed by atoms with van der Waals surface area (Å²) < 4.78 is 1.82. The molecule has 1 atom stereocenters. The van der Waals surface area contributed by atoms with E-state index in [-0.39, 0.29) is 11.9 Å². The number of hydrogen-bond donors (Lipinski definition) is 3. The summed E-state index contributed by atoms with van der Waals surface area (Å²) in [5.74, 6) is 1.59. The average molecular weight is 416 g/mol. The van der Waals surface area contributed by atoms with Crippen molar-refractivity contribution in [3.8, 4) is 0 Å². The summed E-state index contributed by atoms with van der Waals surface area (Å²) in [5, 5.41) is 14.3. The van der Waals surface area contributed by atoms with Crippen LogP contribution < -0.4 is 16.0 Å². The minimum Gasteiger partial charge on any atom is -0.367 e. The first kappa shape index (κ1) is 19.3. The Labute approximate surface area is 180 Å². The predicted octanol–water partition coefficient (Wildman–Crippen LogP) is 3.60. The molecular weight excluding hydrogens is 390 g/mol. The van der Waals surface area contributed by atoms with Gasteiger partial charge < -0.3 is 16.0 Å². The molecule has 2 aliphatic rings. The second-order valence-corrected chi connectivity index (χ2v) is 8.22. The van der Waals surface area contributed by atoms with Crippen molar-refractivity contribution < 1.29 is 4.79 Å². The maximum atomic E-state index is 11.7.